The molecule has 0 aliphatic carbocycles. The summed E-state index contributed by atoms with van der Waals surface area (Å²) in [5.41, 5.74) is -0.0329. The number of hydrogen-bond donors (Lipinski definition) is 2. The summed E-state index contributed by atoms with van der Waals surface area (Å²) < 4.78 is 11.0. The van der Waals surface area contributed by atoms with Crippen molar-refractivity contribution in [1.82, 2.24) is 5.32 Å². The molecule has 0 saturated carbocycles. The molecule has 0 radical (unpaired) electrons. The van der Waals surface area contributed by atoms with Crippen LogP contribution in [0.2, 0.25) is 0 Å². The monoisotopic (exact) mass is 313 g/mol. The topological polar surface area (TPSA) is 50.7 Å². The molecule has 0 aromatic heterocycles. The van der Waals surface area contributed by atoms with Crippen molar-refractivity contribution in [2.75, 3.05) is 19.8 Å². The predicted octanol–water partition coefficient (Wildman–Crippen LogP) is 2.25. The zero-order chi connectivity index (χ0) is 15.0. The van der Waals surface area contributed by atoms with Gasteiger partial charge in [-0.1, -0.05) is 18.1 Å². The Labute approximate surface area is 133 Å². The van der Waals surface area contributed by atoms with Gasteiger partial charge in [0.25, 0.3) is 0 Å². The first kappa shape index (κ1) is 19.6. The number of nitrogens with one attached hydrogen (secondary N) is 1. The molecule has 0 aliphatic heterocycles. The molecule has 1 atom stereocenters. The second-order valence-corrected chi connectivity index (χ2v) is 5.54. The first-order valence-electron chi connectivity index (χ1n) is 6.63. The summed E-state index contributed by atoms with van der Waals surface area (Å²) in [7, 11) is 0. The molecule has 5 heteroatoms. The third-order valence-electron chi connectivity index (χ3n) is 2.46. The summed E-state index contributed by atoms with van der Waals surface area (Å²) >= 11 is 0. The minimum atomic E-state index is -0.588. The minimum Gasteiger partial charge on any atom is -0.487 e. The lowest BCUT2D eigenvalue weighted by Crippen LogP contribution is -2.42. The molecule has 0 aliphatic rings. The number of benzene rings is 1. The van der Waals surface area contributed by atoms with Crippen LogP contribution in [0, 0.1) is 12.3 Å². The molecular weight excluding hydrogens is 290 g/mol. The van der Waals surface area contributed by atoms with Gasteiger partial charge in [0, 0.05) is 12.1 Å². The van der Waals surface area contributed by atoms with Crippen molar-refractivity contribution in [1.29, 1.82) is 0 Å². The first-order chi connectivity index (χ1) is 9.42. The van der Waals surface area contributed by atoms with Crippen molar-refractivity contribution in [3.8, 4) is 23.8 Å². The number of aliphatic hydroxyl groups excluding tert-OH is 1. The van der Waals surface area contributed by atoms with E-state index in [0.29, 0.717) is 18.0 Å². The number of rotatable bonds is 7. The second-order valence-electron chi connectivity index (χ2n) is 5.54. The molecule has 118 valence electrons. The van der Waals surface area contributed by atoms with Gasteiger partial charge in [0.1, 0.15) is 19.3 Å². The molecule has 4 nitrogen and oxygen atoms in total. The van der Waals surface area contributed by atoms with E-state index in [4.69, 9.17) is 15.9 Å². The van der Waals surface area contributed by atoms with Gasteiger partial charge in [-0.15, -0.1) is 18.8 Å². The summed E-state index contributed by atoms with van der Waals surface area (Å²) in [4.78, 5) is 0. The Hall–Kier alpha value is -1.41. The van der Waals surface area contributed by atoms with Crippen LogP contribution in [0.5, 0.6) is 11.5 Å². The smallest absolute Gasteiger partial charge is 0.162 e. The van der Waals surface area contributed by atoms with E-state index in [2.05, 4.69) is 11.2 Å². The number of halogens is 1. The molecule has 2 N–H and O–H groups in total. The molecule has 0 fully saturated rings. The fourth-order valence-electron chi connectivity index (χ4n) is 1.48. The summed E-state index contributed by atoms with van der Waals surface area (Å²) in [5, 5.41) is 13.1. The third kappa shape index (κ3) is 8.46. The average Bonchev–Trinajstić information content (AvgIpc) is 2.40. The van der Waals surface area contributed by atoms with Gasteiger partial charge in [0.05, 0.1) is 0 Å². The van der Waals surface area contributed by atoms with Gasteiger partial charge < -0.3 is 19.9 Å². The highest BCUT2D eigenvalue weighted by atomic mass is 35.5. The number of β-amino-alcohol motifs (C(OH)–C–C–N with tert-alkyl or cyclic N) is 1. The molecule has 0 bridgehead atoms. The van der Waals surface area contributed by atoms with Crippen LogP contribution in [0.3, 0.4) is 0 Å². The van der Waals surface area contributed by atoms with Gasteiger partial charge in [-0.2, -0.15) is 0 Å². The van der Waals surface area contributed by atoms with Gasteiger partial charge in [-0.25, -0.2) is 0 Å². The number of hydrogen-bond acceptors (Lipinski definition) is 4. The normalized spacial score (nSPS) is 12.0. The number of aliphatic hydroxyl groups is 1. The van der Waals surface area contributed by atoms with Crippen LogP contribution in [-0.4, -0.2) is 36.5 Å². The number of ether oxygens (including phenoxy) is 2. The van der Waals surface area contributed by atoms with E-state index in [-0.39, 0.29) is 31.2 Å². The van der Waals surface area contributed by atoms with Crippen LogP contribution >= 0.6 is 12.4 Å². The van der Waals surface area contributed by atoms with Crippen LogP contribution in [0.15, 0.2) is 24.3 Å². The fraction of sp³-hybridized carbons (Fsp3) is 0.500. The fourth-order valence-corrected chi connectivity index (χ4v) is 1.48. The van der Waals surface area contributed by atoms with Crippen molar-refractivity contribution >= 4 is 12.4 Å². The molecule has 0 spiro atoms. The standard InChI is InChI=1S/C16H23NO3.ClH/c1-5-10-19-14-8-6-7-9-15(14)20-12-13(18)11-17-16(2,3)4;/h1,6-9,13,17-18H,10-12H2,2-4H3;1H. The zero-order valence-electron chi connectivity index (χ0n) is 12.8. The quantitative estimate of drug-likeness (QED) is 0.758. The van der Waals surface area contributed by atoms with Crippen molar-refractivity contribution in [2.24, 2.45) is 0 Å². The largest absolute Gasteiger partial charge is 0.487 e. The van der Waals surface area contributed by atoms with E-state index >= 15 is 0 Å². The highest BCUT2D eigenvalue weighted by Crippen LogP contribution is 2.26. The van der Waals surface area contributed by atoms with Gasteiger partial charge in [-0.05, 0) is 32.9 Å². The van der Waals surface area contributed by atoms with Crippen LogP contribution in [0.1, 0.15) is 20.8 Å². The molecule has 0 amide bonds. The molecule has 1 aromatic rings. The van der Waals surface area contributed by atoms with E-state index in [0.717, 1.165) is 0 Å². The lowest BCUT2D eigenvalue weighted by molar-refractivity contribution is 0.0982. The van der Waals surface area contributed by atoms with Crippen LogP contribution in [0.25, 0.3) is 0 Å². The Kier molecular flexibility index (Phi) is 8.87. The van der Waals surface area contributed by atoms with Crippen molar-refractivity contribution in [2.45, 2.75) is 32.4 Å². The molecular formula is C16H24ClNO3. The first-order valence-corrected chi connectivity index (χ1v) is 6.63. The van der Waals surface area contributed by atoms with Gasteiger partial charge >= 0.3 is 0 Å². The van der Waals surface area contributed by atoms with E-state index in [1.807, 2.05) is 32.9 Å². The Morgan fingerprint density at radius 1 is 1.24 bits per heavy atom. The van der Waals surface area contributed by atoms with Gasteiger partial charge in [-0.3, -0.25) is 0 Å². The maximum absolute atomic E-state index is 9.88. The third-order valence-corrected chi connectivity index (χ3v) is 2.46. The van der Waals surface area contributed by atoms with Gasteiger partial charge in [0.2, 0.25) is 0 Å². The maximum atomic E-state index is 9.88. The van der Waals surface area contributed by atoms with E-state index in [1.54, 1.807) is 12.1 Å². The van der Waals surface area contributed by atoms with Gasteiger partial charge in [0.15, 0.2) is 11.5 Å². The lowest BCUT2D eigenvalue weighted by atomic mass is 10.1. The summed E-state index contributed by atoms with van der Waals surface area (Å²) in [6.45, 7) is 6.99. The van der Waals surface area contributed by atoms with E-state index in [9.17, 15) is 5.11 Å². The van der Waals surface area contributed by atoms with Crippen molar-refractivity contribution in [3.63, 3.8) is 0 Å². The molecule has 1 unspecified atom stereocenters. The Balaban J connectivity index is 0.00000400. The SMILES string of the molecule is C#CCOc1ccccc1OCC(O)CNC(C)(C)C.Cl. The number of para-hydroxylation sites is 2. The Morgan fingerprint density at radius 3 is 2.33 bits per heavy atom. The molecule has 1 aromatic carbocycles. The number of terminal acetylenes is 1. The highest BCUT2D eigenvalue weighted by molar-refractivity contribution is 5.85. The van der Waals surface area contributed by atoms with Crippen LogP contribution in [-0.2, 0) is 0 Å². The highest BCUT2D eigenvalue weighted by Gasteiger charge is 2.13. The molecule has 0 heterocycles. The summed E-state index contributed by atoms with van der Waals surface area (Å²) in [6.07, 6.45) is 4.58. The molecule has 21 heavy (non-hydrogen) atoms. The van der Waals surface area contributed by atoms with Crippen molar-refractivity contribution in [3.05, 3.63) is 24.3 Å². The van der Waals surface area contributed by atoms with E-state index < -0.39 is 6.10 Å². The van der Waals surface area contributed by atoms with Crippen molar-refractivity contribution < 1.29 is 14.6 Å². The predicted molar refractivity (Wildman–Crippen MR) is 87.3 cm³/mol. The van der Waals surface area contributed by atoms with Crippen LogP contribution in [0.4, 0.5) is 0 Å². The minimum absolute atomic E-state index is 0. The lowest BCUT2D eigenvalue weighted by Gasteiger charge is -2.23. The molecule has 0 saturated heterocycles. The van der Waals surface area contributed by atoms with E-state index in [1.165, 1.54) is 0 Å². The summed E-state index contributed by atoms with van der Waals surface area (Å²) in [5.74, 6) is 3.57. The Bertz CT molecular complexity index is 452. The summed E-state index contributed by atoms with van der Waals surface area (Å²) in [6, 6.07) is 7.26. The Morgan fingerprint density at radius 2 is 1.81 bits per heavy atom. The maximum Gasteiger partial charge on any atom is 0.162 e. The molecule has 1 rings (SSSR count). The average molecular weight is 314 g/mol. The zero-order valence-corrected chi connectivity index (χ0v) is 13.6. The van der Waals surface area contributed by atoms with Crippen LogP contribution < -0.4 is 14.8 Å². The second kappa shape index (κ2) is 9.51.